The number of benzene rings is 1. The highest BCUT2D eigenvalue weighted by Gasteiger charge is 2.20. The van der Waals surface area contributed by atoms with Crippen molar-refractivity contribution >= 4 is 11.7 Å². The molecule has 4 heteroatoms. The lowest BCUT2D eigenvalue weighted by molar-refractivity contribution is -0.114. The van der Waals surface area contributed by atoms with Crippen molar-refractivity contribution in [2.24, 2.45) is 5.73 Å². The number of ether oxygens (including phenoxy) is 1. The number of amides is 1. The van der Waals surface area contributed by atoms with E-state index in [1.807, 2.05) is 6.92 Å². The molecule has 0 aliphatic carbocycles. The van der Waals surface area contributed by atoms with Crippen molar-refractivity contribution in [3.8, 4) is 5.75 Å². The highest BCUT2D eigenvalue weighted by atomic mass is 16.5. The molecule has 0 aromatic heterocycles. The van der Waals surface area contributed by atoms with Crippen LogP contribution in [0.1, 0.15) is 21.5 Å². The largest absolute Gasteiger partial charge is 0.496 e. The van der Waals surface area contributed by atoms with E-state index in [9.17, 15) is 9.59 Å². The van der Waals surface area contributed by atoms with Gasteiger partial charge in [0, 0.05) is 0 Å². The summed E-state index contributed by atoms with van der Waals surface area (Å²) in [5, 5.41) is 0. The quantitative estimate of drug-likeness (QED) is 0.593. The molecular formula is C11H13NO3. The molecule has 0 radical (unpaired) electrons. The summed E-state index contributed by atoms with van der Waals surface area (Å²) < 4.78 is 5.05. The number of primary amides is 1. The first kappa shape index (κ1) is 11.2. The van der Waals surface area contributed by atoms with Crippen LogP contribution in [0.15, 0.2) is 12.1 Å². The minimum absolute atomic E-state index is 0.246. The fourth-order valence-electron chi connectivity index (χ4n) is 1.50. The van der Waals surface area contributed by atoms with Gasteiger partial charge >= 0.3 is 0 Å². The number of carbonyl (C=O) groups excluding carboxylic acids is 2. The first-order valence-electron chi connectivity index (χ1n) is 4.46. The second-order valence-electron chi connectivity index (χ2n) is 3.35. The number of ketones is 1. The highest BCUT2D eigenvalue weighted by Crippen LogP contribution is 2.24. The van der Waals surface area contributed by atoms with Gasteiger partial charge in [-0.05, 0) is 31.0 Å². The second-order valence-corrected chi connectivity index (χ2v) is 3.35. The van der Waals surface area contributed by atoms with Crippen molar-refractivity contribution in [3.05, 3.63) is 28.8 Å². The number of aryl methyl sites for hydroxylation is 2. The van der Waals surface area contributed by atoms with Crippen molar-refractivity contribution in [3.63, 3.8) is 0 Å². The topological polar surface area (TPSA) is 69.4 Å². The standard InChI is InChI=1S/C11H13NO3/c1-6-4-7(2)9(8(5-6)15-3)10(13)11(12)14/h4-5H,1-3H3,(H2,12,14). The smallest absolute Gasteiger partial charge is 0.289 e. The number of nitrogens with two attached hydrogens (primary N) is 1. The lowest BCUT2D eigenvalue weighted by atomic mass is 10.0. The van der Waals surface area contributed by atoms with Crippen LogP contribution in [0, 0.1) is 13.8 Å². The van der Waals surface area contributed by atoms with Gasteiger partial charge in [0.25, 0.3) is 11.7 Å². The zero-order valence-electron chi connectivity index (χ0n) is 8.96. The van der Waals surface area contributed by atoms with Gasteiger partial charge in [0.2, 0.25) is 0 Å². The molecule has 1 aromatic rings. The van der Waals surface area contributed by atoms with E-state index >= 15 is 0 Å². The third kappa shape index (κ3) is 2.15. The Labute approximate surface area is 88.0 Å². The number of hydrogen-bond donors (Lipinski definition) is 1. The SMILES string of the molecule is COc1cc(C)cc(C)c1C(=O)C(N)=O. The number of carbonyl (C=O) groups is 2. The number of hydrogen-bond acceptors (Lipinski definition) is 3. The van der Waals surface area contributed by atoms with Crippen LogP contribution in [0.25, 0.3) is 0 Å². The van der Waals surface area contributed by atoms with E-state index < -0.39 is 11.7 Å². The molecule has 0 saturated heterocycles. The monoisotopic (exact) mass is 207 g/mol. The molecule has 0 saturated carbocycles. The Hall–Kier alpha value is -1.84. The summed E-state index contributed by atoms with van der Waals surface area (Å²) in [5.41, 5.74) is 6.85. The van der Waals surface area contributed by atoms with Crippen molar-refractivity contribution < 1.29 is 14.3 Å². The Morgan fingerprint density at radius 3 is 2.33 bits per heavy atom. The maximum absolute atomic E-state index is 11.5. The van der Waals surface area contributed by atoms with Crippen molar-refractivity contribution in [1.29, 1.82) is 0 Å². The maximum Gasteiger partial charge on any atom is 0.289 e. The van der Waals surface area contributed by atoms with Crippen molar-refractivity contribution in [2.75, 3.05) is 7.11 Å². The molecule has 0 spiro atoms. The Bertz CT molecular complexity index is 424. The molecule has 0 aliphatic rings. The summed E-state index contributed by atoms with van der Waals surface area (Å²) in [6.07, 6.45) is 0. The van der Waals surface area contributed by atoms with E-state index in [-0.39, 0.29) is 5.56 Å². The molecule has 2 N–H and O–H groups in total. The summed E-state index contributed by atoms with van der Waals surface area (Å²) in [4.78, 5) is 22.3. The molecule has 0 aliphatic heterocycles. The second kappa shape index (κ2) is 4.13. The van der Waals surface area contributed by atoms with E-state index in [0.717, 1.165) is 5.56 Å². The van der Waals surface area contributed by atoms with Crippen LogP contribution >= 0.6 is 0 Å². The molecule has 15 heavy (non-hydrogen) atoms. The molecule has 1 aromatic carbocycles. The van der Waals surface area contributed by atoms with Crippen LogP contribution in [-0.4, -0.2) is 18.8 Å². The maximum atomic E-state index is 11.5. The normalized spacial score (nSPS) is 9.80. The summed E-state index contributed by atoms with van der Waals surface area (Å²) in [6, 6.07) is 3.50. The highest BCUT2D eigenvalue weighted by molar-refractivity contribution is 6.43. The Kier molecular flexibility index (Phi) is 3.09. The van der Waals surface area contributed by atoms with E-state index in [1.165, 1.54) is 7.11 Å². The van der Waals surface area contributed by atoms with Crippen LogP contribution < -0.4 is 10.5 Å². The van der Waals surface area contributed by atoms with Crippen LogP contribution in [-0.2, 0) is 4.79 Å². The zero-order valence-corrected chi connectivity index (χ0v) is 8.96. The molecule has 0 atom stereocenters. The van der Waals surface area contributed by atoms with Gasteiger partial charge in [-0.25, -0.2) is 0 Å². The van der Waals surface area contributed by atoms with Gasteiger partial charge in [-0.2, -0.15) is 0 Å². The third-order valence-corrected chi connectivity index (χ3v) is 2.11. The van der Waals surface area contributed by atoms with Crippen LogP contribution in [0.4, 0.5) is 0 Å². The number of rotatable bonds is 3. The van der Waals surface area contributed by atoms with Gasteiger partial charge in [0.15, 0.2) is 0 Å². The molecule has 0 fully saturated rings. The number of methoxy groups -OCH3 is 1. The van der Waals surface area contributed by atoms with E-state index in [4.69, 9.17) is 10.5 Å². The minimum atomic E-state index is -0.972. The Balaban J connectivity index is 3.39. The Morgan fingerprint density at radius 1 is 1.27 bits per heavy atom. The lowest BCUT2D eigenvalue weighted by Crippen LogP contribution is -2.24. The van der Waals surface area contributed by atoms with E-state index in [0.29, 0.717) is 11.3 Å². The predicted molar refractivity (Wildman–Crippen MR) is 56.0 cm³/mol. The van der Waals surface area contributed by atoms with Gasteiger partial charge in [-0.3, -0.25) is 9.59 Å². The van der Waals surface area contributed by atoms with E-state index in [1.54, 1.807) is 19.1 Å². The van der Waals surface area contributed by atoms with Gasteiger partial charge in [-0.15, -0.1) is 0 Å². The van der Waals surface area contributed by atoms with Crippen LogP contribution in [0.3, 0.4) is 0 Å². The minimum Gasteiger partial charge on any atom is -0.496 e. The predicted octanol–water partition coefficient (Wildman–Crippen LogP) is 0.980. The molecule has 1 rings (SSSR count). The first-order chi connectivity index (χ1) is 6.97. The van der Waals surface area contributed by atoms with Crippen molar-refractivity contribution in [1.82, 2.24) is 0 Å². The Morgan fingerprint density at radius 2 is 1.87 bits per heavy atom. The van der Waals surface area contributed by atoms with Crippen molar-refractivity contribution in [2.45, 2.75) is 13.8 Å². The first-order valence-corrected chi connectivity index (χ1v) is 4.46. The average molecular weight is 207 g/mol. The fraction of sp³-hybridized carbons (Fsp3) is 0.273. The molecule has 0 heterocycles. The zero-order chi connectivity index (χ0) is 11.6. The summed E-state index contributed by atoms with van der Waals surface area (Å²) in [6.45, 7) is 3.62. The van der Waals surface area contributed by atoms with Gasteiger partial charge in [0.05, 0.1) is 12.7 Å². The molecule has 0 unspecified atom stereocenters. The average Bonchev–Trinajstić information content (AvgIpc) is 2.15. The lowest BCUT2D eigenvalue weighted by Gasteiger charge is -2.10. The number of Topliss-reactive ketones (excluding diaryl/α,β-unsaturated/α-hetero) is 1. The molecule has 4 nitrogen and oxygen atoms in total. The third-order valence-electron chi connectivity index (χ3n) is 2.11. The molecular weight excluding hydrogens is 194 g/mol. The van der Waals surface area contributed by atoms with Gasteiger partial charge in [0.1, 0.15) is 5.75 Å². The summed E-state index contributed by atoms with van der Waals surface area (Å²) >= 11 is 0. The molecule has 1 amide bonds. The van der Waals surface area contributed by atoms with E-state index in [2.05, 4.69) is 0 Å². The van der Waals surface area contributed by atoms with Crippen LogP contribution in [0.2, 0.25) is 0 Å². The molecule has 0 bridgehead atoms. The fourth-order valence-corrected chi connectivity index (χ4v) is 1.50. The van der Waals surface area contributed by atoms with Crippen LogP contribution in [0.5, 0.6) is 5.75 Å². The van der Waals surface area contributed by atoms with Gasteiger partial charge < -0.3 is 10.5 Å². The molecule has 80 valence electrons. The summed E-state index contributed by atoms with van der Waals surface area (Å²) in [5.74, 6) is -1.30. The van der Waals surface area contributed by atoms with Gasteiger partial charge in [-0.1, -0.05) is 6.07 Å². The summed E-state index contributed by atoms with van der Waals surface area (Å²) in [7, 11) is 1.45.